The normalized spacial score (nSPS) is 31.7. The SMILES string of the molecule is C.C/C=C/C1CCC2CN(C)CCN12.CC.CC.CN1CCN2C(C=O)CCC2C1. The van der Waals surface area contributed by atoms with Gasteiger partial charge in [0.1, 0.15) is 6.29 Å². The first-order valence-electron chi connectivity index (χ1n) is 12.1. The van der Waals surface area contributed by atoms with E-state index in [0.717, 1.165) is 44.4 Å². The Labute approximate surface area is 188 Å². The van der Waals surface area contributed by atoms with Crippen LogP contribution < -0.4 is 0 Å². The van der Waals surface area contributed by atoms with E-state index in [0.29, 0.717) is 6.04 Å². The van der Waals surface area contributed by atoms with E-state index in [4.69, 9.17) is 0 Å². The Morgan fingerprint density at radius 3 is 1.57 bits per heavy atom. The molecule has 0 aromatic carbocycles. The van der Waals surface area contributed by atoms with Gasteiger partial charge in [0, 0.05) is 57.4 Å². The summed E-state index contributed by atoms with van der Waals surface area (Å²) < 4.78 is 0. The van der Waals surface area contributed by atoms with Crippen LogP contribution in [0.25, 0.3) is 0 Å². The quantitative estimate of drug-likeness (QED) is 0.494. The summed E-state index contributed by atoms with van der Waals surface area (Å²) in [6, 6.07) is 2.45. The van der Waals surface area contributed by atoms with Crippen LogP contribution in [0.2, 0.25) is 0 Å². The number of allylic oxidation sites excluding steroid dienone is 1. The number of likely N-dealkylation sites (N-methyl/N-ethyl adjacent to an activating group) is 2. The first-order valence-corrected chi connectivity index (χ1v) is 12.1. The van der Waals surface area contributed by atoms with Gasteiger partial charge < -0.3 is 14.6 Å². The molecule has 5 heteroatoms. The lowest BCUT2D eigenvalue weighted by atomic mass is 10.2. The van der Waals surface area contributed by atoms with E-state index >= 15 is 0 Å². The van der Waals surface area contributed by atoms with E-state index in [2.05, 4.69) is 52.8 Å². The molecule has 4 atom stereocenters. The molecule has 4 aliphatic rings. The van der Waals surface area contributed by atoms with Crippen molar-refractivity contribution in [1.29, 1.82) is 0 Å². The van der Waals surface area contributed by atoms with Crippen LogP contribution in [-0.4, -0.2) is 103 Å². The zero-order valence-electron chi connectivity index (χ0n) is 20.3. The largest absolute Gasteiger partial charge is 0.304 e. The van der Waals surface area contributed by atoms with Gasteiger partial charge in [-0.3, -0.25) is 9.80 Å². The summed E-state index contributed by atoms with van der Waals surface area (Å²) in [6.45, 7) is 17.2. The topological polar surface area (TPSA) is 30.0 Å². The molecule has 4 saturated heterocycles. The molecule has 0 bridgehead atoms. The van der Waals surface area contributed by atoms with E-state index in [1.807, 2.05) is 27.7 Å². The number of fused-ring (bicyclic) bond motifs is 2. The molecule has 0 amide bonds. The number of carbonyl (C=O) groups is 1. The highest BCUT2D eigenvalue weighted by atomic mass is 16.1. The Morgan fingerprint density at radius 1 is 0.700 bits per heavy atom. The van der Waals surface area contributed by atoms with Crippen LogP contribution in [0.3, 0.4) is 0 Å². The summed E-state index contributed by atoms with van der Waals surface area (Å²) >= 11 is 0. The van der Waals surface area contributed by atoms with Crippen LogP contribution in [0.4, 0.5) is 0 Å². The van der Waals surface area contributed by atoms with Gasteiger partial charge in [0.15, 0.2) is 0 Å². The van der Waals surface area contributed by atoms with Crippen molar-refractivity contribution >= 4 is 6.29 Å². The Bertz CT molecular complexity index is 470. The lowest BCUT2D eigenvalue weighted by molar-refractivity contribution is -0.112. The third kappa shape index (κ3) is 8.07. The van der Waals surface area contributed by atoms with Crippen molar-refractivity contribution in [3.05, 3.63) is 12.2 Å². The van der Waals surface area contributed by atoms with Crippen LogP contribution >= 0.6 is 0 Å². The van der Waals surface area contributed by atoms with Gasteiger partial charge in [-0.2, -0.15) is 0 Å². The fourth-order valence-electron chi connectivity index (χ4n) is 5.07. The second-order valence-corrected chi connectivity index (χ2v) is 8.26. The van der Waals surface area contributed by atoms with Gasteiger partial charge in [-0.25, -0.2) is 0 Å². The van der Waals surface area contributed by atoms with Crippen molar-refractivity contribution in [3.8, 4) is 0 Å². The Balaban J connectivity index is 0.000000469. The van der Waals surface area contributed by atoms with Crippen LogP contribution in [0.15, 0.2) is 12.2 Å². The highest BCUT2D eigenvalue weighted by Crippen LogP contribution is 2.27. The molecule has 4 rings (SSSR count). The first kappa shape index (κ1) is 29.2. The number of aldehydes is 1. The number of hydrogen-bond acceptors (Lipinski definition) is 5. The molecule has 0 N–H and O–H groups in total. The van der Waals surface area contributed by atoms with Crippen molar-refractivity contribution in [2.24, 2.45) is 0 Å². The van der Waals surface area contributed by atoms with Crippen LogP contribution in [0.1, 0.15) is 67.7 Å². The summed E-state index contributed by atoms with van der Waals surface area (Å²) in [5.41, 5.74) is 0. The zero-order chi connectivity index (χ0) is 21.8. The fourth-order valence-corrected chi connectivity index (χ4v) is 5.07. The second-order valence-electron chi connectivity index (χ2n) is 8.26. The van der Waals surface area contributed by atoms with Gasteiger partial charge in [-0.1, -0.05) is 47.3 Å². The molecule has 30 heavy (non-hydrogen) atoms. The van der Waals surface area contributed by atoms with E-state index in [9.17, 15) is 4.79 Å². The van der Waals surface area contributed by atoms with Gasteiger partial charge in [0.25, 0.3) is 0 Å². The average Bonchev–Trinajstić information content (AvgIpc) is 3.35. The minimum atomic E-state index is 0. The van der Waals surface area contributed by atoms with Crippen molar-refractivity contribution in [3.63, 3.8) is 0 Å². The monoisotopic (exact) mass is 424 g/mol. The van der Waals surface area contributed by atoms with Gasteiger partial charge >= 0.3 is 0 Å². The minimum absolute atomic E-state index is 0. The summed E-state index contributed by atoms with van der Waals surface area (Å²) in [5.74, 6) is 0. The van der Waals surface area contributed by atoms with Crippen molar-refractivity contribution in [1.82, 2.24) is 19.6 Å². The first-order chi connectivity index (χ1) is 14.1. The van der Waals surface area contributed by atoms with Gasteiger partial charge in [0.05, 0.1) is 6.04 Å². The highest BCUT2D eigenvalue weighted by Gasteiger charge is 2.36. The predicted molar refractivity (Wildman–Crippen MR) is 132 cm³/mol. The standard InChI is InChI=1S/C11H20N2.C9H16N2O.2C2H6.CH4/c1-3-4-10-5-6-11-9-12(2)7-8-13(10)11;1-10-4-5-11-8(6-10)2-3-9(11)7-12;2*1-2;/h3-4,10-11H,5-9H2,1-2H3;7-9H,2-6H2,1H3;2*1-2H3;1H4/b4-3+;;;;. The molecule has 4 fully saturated rings. The number of rotatable bonds is 2. The summed E-state index contributed by atoms with van der Waals surface area (Å²) in [6.07, 6.45) is 10.7. The highest BCUT2D eigenvalue weighted by molar-refractivity contribution is 5.58. The van der Waals surface area contributed by atoms with Gasteiger partial charge in [-0.05, 0) is 46.7 Å². The molecular weight excluding hydrogens is 372 g/mol. The van der Waals surface area contributed by atoms with Crippen LogP contribution in [0, 0.1) is 0 Å². The van der Waals surface area contributed by atoms with Crippen LogP contribution in [-0.2, 0) is 4.79 Å². The third-order valence-electron chi connectivity index (χ3n) is 6.48. The van der Waals surface area contributed by atoms with Crippen molar-refractivity contribution < 1.29 is 4.79 Å². The molecular formula is C25H52N4O. The number of nitrogens with zero attached hydrogens (tertiary/aromatic N) is 4. The molecule has 5 nitrogen and oxygen atoms in total. The smallest absolute Gasteiger partial charge is 0.137 e. The number of carbonyl (C=O) groups excluding carboxylic acids is 1. The molecule has 0 saturated carbocycles. The lowest BCUT2D eigenvalue weighted by Gasteiger charge is -2.37. The van der Waals surface area contributed by atoms with Gasteiger partial charge in [0.2, 0.25) is 0 Å². The zero-order valence-corrected chi connectivity index (χ0v) is 20.3. The minimum Gasteiger partial charge on any atom is -0.304 e. The fraction of sp³-hybridized carbons (Fsp3) is 0.880. The number of hydrogen-bond donors (Lipinski definition) is 0. The van der Waals surface area contributed by atoms with Crippen molar-refractivity contribution in [2.75, 3.05) is 53.4 Å². The molecule has 0 aromatic heterocycles. The third-order valence-corrected chi connectivity index (χ3v) is 6.48. The maximum absolute atomic E-state index is 10.7. The molecule has 0 spiro atoms. The molecule has 4 aliphatic heterocycles. The Hall–Kier alpha value is -0.750. The summed E-state index contributed by atoms with van der Waals surface area (Å²) in [5, 5.41) is 0. The van der Waals surface area contributed by atoms with Gasteiger partial charge in [-0.15, -0.1) is 0 Å². The van der Waals surface area contributed by atoms with E-state index in [1.165, 1.54) is 38.9 Å². The maximum Gasteiger partial charge on any atom is 0.137 e. The van der Waals surface area contributed by atoms with E-state index in [-0.39, 0.29) is 13.5 Å². The lowest BCUT2D eigenvalue weighted by Crippen LogP contribution is -2.51. The maximum atomic E-state index is 10.7. The van der Waals surface area contributed by atoms with E-state index in [1.54, 1.807) is 0 Å². The molecule has 0 aromatic rings. The molecule has 4 heterocycles. The van der Waals surface area contributed by atoms with Crippen molar-refractivity contribution in [2.45, 2.75) is 91.9 Å². The predicted octanol–water partition coefficient (Wildman–Crippen LogP) is 3.99. The molecule has 0 radical (unpaired) electrons. The summed E-state index contributed by atoms with van der Waals surface area (Å²) in [4.78, 5) is 20.5. The average molecular weight is 425 g/mol. The number of piperazine rings is 2. The van der Waals surface area contributed by atoms with E-state index < -0.39 is 0 Å². The molecule has 4 unspecified atom stereocenters. The summed E-state index contributed by atoms with van der Waals surface area (Å²) in [7, 11) is 4.39. The molecule has 0 aliphatic carbocycles. The molecule has 178 valence electrons. The Kier molecular flexibility index (Phi) is 15.6. The Morgan fingerprint density at radius 2 is 1.13 bits per heavy atom. The second kappa shape index (κ2) is 16.0. The van der Waals surface area contributed by atoms with Crippen LogP contribution in [0.5, 0.6) is 0 Å².